The van der Waals surface area contributed by atoms with E-state index < -0.39 is 0 Å². The Morgan fingerprint density at radius 1 is 1.62 bits per heavy atom. The van der Waals surface area contributed by atoms with E-state index in [9.17, 15) is 0 Å². The normalized spacial score (nSPS) is 35.9. The highest BCUT2D eigenvalue weighted by Gasteiger charge is 2.37. The van der Waals surface area contributed by atoms with Gasteiger partial charge in [-0.3, -0.25) is 0 Å². The molecular formula is C5H11BN2. The van der Waals surface area contributed by atoms with Crippen LogP contribution in [0.4, 0.5) is 0 Å². The third kappa shape index (κ3) is 1.04. The molecule has 2 radical (unpaired) electrons. The molecule has 1 aliphatic carbocycles. The van der Waals surface area contributed by atoms with E-state index in [0.29, 0.717) is 11.8 Å². The summed E-state index contributed by atoms with van der Waals surface area (Å²) in [4.78, 5) is 0. The first-order chi connectivity index (χ1) is 3.75. The Balaban J connectivity index is 2.16. The lowest BCUT2D eigenvalue weighted by Gasteiger charge is -2.00. The molecule has 2 nitrogen and oxygen atoms in total. The zero-order chi connectivity index (χ0) is 6.15. The summed E-state index contributed by atoms with van der Waals surface area (Å²) in [6.07, 6.45) is 1.74. The average Bonchev–Trinajstić information content (AvgIpc) is 2.42. The van der Waals surface area contributed by atoms with E-state index in [1.165, 1.54) is 0 Å². The van der Waals surface area contributed by atoms with Crippen LogP contribution in [0.2, 0.25) is 6.32 Å². The molecule has 2 atom stereocenters. The van der Waals surface area contributed by atoms with Gasteiger partial charge in [-0.25, -0.2) is 0 Å². The summed E-state index contributed by atoms with van der Waals surface area (Å²) in [5.74, 6) is 1.13. The largest absolute Gasteiger partial charge is 0.316 e. The van der Waals surface area contributed by atoms with E-state index in [1.807, 2.05) is 0 Å². The van der Waals surface area contributed by atoms with Crippen molar-refractivity contribution in [3.8, 4) is 0 Å². The highest BCUT2D eigenvalue weighted by atomic mass is 14.9. The van der Waals surface area contributed by atoms with Gasteiger partial charge in [-0.2, -0.15) is 0 Å². The maximum atomic E-state index is 5.39. The molecule has 44 valence electrons. The van der Waals surface area contributed by atoms with Crippen LogP contribution in [0.5, 0.6) is 0 Å². The van der Waals surface area contributed by atoms with Gasteiger partial charge in [0, 0.05) is 0 Å². The van der Waals surface area contributed by atoms with E-state index in [-0.39, 0.29) is 6.17 Å². The van der Waals surface area contributed by atoms with Crippen LogP contribution in [0.3, 0.4) is 0 Å². The minimum atomic E-state index is -0.136. The van der Waals surface area contributed by atoms with Crippen molar-refractivity contribution in [2.24, 2.45) is 23.3 Å². The molecule has 0 aliphatic heterocycles. The minimum Gasteiger partial charge on any atom is -0.316 e. The van der Waals surface area contributed by atoms with E-state index >= 15 is 0 Å². The fourth-order valence-electron chi connectivity index (χ4n) is 1.01. The Kier molecular flexibility index (Phi) is 1.58. The molecule has 4 N–H and O–H groups in total. The van der Waals surface area contributed by atoms with Crippen LogP contribution in [0.15, 0.2) is 0 Å². The zero-order valence-corrected chi connectivity index (χ0v) is 4.88. The highest BCUT2D eigenvalue weighted by molar-refractivity contribution is 6.08. The van der Waals surface area contributed by atoms with Gasteiger partial charge in [0.1, 0.15) is 0 Å². The molecule has 3 heteroatoms. The van der Waals surface area contributed by atoms with Crippen LogP contribution < -0.4 is 11.5 Å². The summed E-state index contributed by atoms with van der Waals surface area (Å²) >= 11 is 0. The lowest BCUT2D eigenvalue weighted by atomic mass is 9.99. The standard InChI is InChI=1S/C5H11BN2/c6-2-3-1-4(3)5(7)8/h3-5H,1-2,7-8H2. The van der Waals surface area contributed by atoms with Gasteiger partial charge in [0.05, 0.1) is 14.0 Å². The predicted octanol–water partition coefficient (Wildman–Crippen LogP) is -0.547. The van der Waals surface area contributed by atoms with Gasteiger partial charge in [-0.1, -0.05) is 6.32 Å². The first kappa shape index (κ1) is 6.11. The smallest absolute Gasteiger partial charge is 0.0656 e. The molecule has 0 saturated heterocycles. The molecule has 1 saturated carbocycles. The minimum absolute atomic E-state index is 0.136. The second-order valence-corrected chi connectivity index (χ2v) is 2.47. The van der Waals surface area contributed by atoms with E-state index in [0.717, 1.165) is 12.7 Å². The lowest BCUT2D eigenvalue weighted by molar-refractivity contribution is 0.584. The molecule has 1 aliphatic rings. The number of hydrogen-bond acceptors (Lipinski definition) is 2. The van der Waals surface area contributed by atoms with Crippen molar-refractivity contribution in [2.75, 3.05) is 0 Å². The molecule has 0 bridgehead atoms. The quantitative estimate of drug-likeness (QED) is 0.370. The van der Waals surface area contributed by atoms with Crippen LogP contribution in [0.25, 0.3) is 0 Å². The molecule has 2 unspecified atom stereocenters. The summed E-state index contributed by atoms with van der Waals surface area (Å²) in [5, 5.41) is 0. The molecule has 0 aromatic carbocycles. The van der Waals surface area contributed by atoms with Gasteiger partial charge in [0.2, 0.25) is 0 Å². The second-order valence-electron chi connectivity index (χ2n) is 2.47. The van der Waals surface area contributed by atoms with Gasteiger partial charge in [0.25, 0.3) is 0 Å². The van der Waals surface area contributed by atoms with Crippen molar-refractivity contribution in [3.63, 3.8) is 0 Å². The fraction of sp³-hybridized carbons (Fsp3) is 1.00. The molecule has 0 aromatic rings. The van der Waals surface area contributed by atoms with Gasteiger partial charge >= 0.3 is 0 Å². The van der Waals surface area contributed by atoms with Crippen molar-refractivity contribution < 1.29 is 0 Å². The van der Waals surface area contributed by atoms with Crippen LogP contribution >= 0.6 is 0 Å². The Morgan fingerprint density at radius 2 is 2.25 bits per heavy atom. The van der Waals surface area contributed by atoms with Gasteiger partial charge in [0.15, 0.2) is 0 Å². The predicted molar refractivity (Wildman–Crippen MR) is 34.3 cm³/mol. The SMILES string of the molecule is [B]CC1CC1C(N)N. The van der Waals surface area contributed by atoms with E-state index in [2.05, 4.69) is 0 Å². The monoisotopic (exact) mass is 110 g/mol. The first-order valence-corrected chi connectivity index (χ1v) is 2.97. The van der Waals surface area contributed by atoms with Crippen molar-refractivity contribution in [2.45, 2.75) is 18.9 Å². The van der Waals surface area contributed by atoms with Crippen LogP contribution in [0, 0.1) is 11.8 Å². The maximum Gasteiger partial charge on any atom is 0.0656 e. The van der Waals surface area contributed by atoms with Gasteiger partial charge in [-0.05, 0) is 18.3 Å². The average molecular weight is 110 g/mol. The molecule has 0 heterocycles. The molecule has 0 spiro atoms. The van der Waals surface area contributed by atoms with Gasteiger partial charge in [-0.15, -0.1) is 0 Å². The molecule has 8 heavy (non-hydrogen) atoms. The van der Waals surface area contributed by atoms with Crippen molar-refractivity contribution in [1.82, 2.24) is 0 Å². The number of nitrogens with two attached hydrogens (primary N) is 2. The van der Waals surface area contributed by atoms with E-state index in [1.54, 1.807) is 0 Å². The third-order valence-corrected chi connectivity index (χ3v) is 1.77. The molecule has 1 fully saturated rings. The summed E-state index contributed by atoms with van der Waals surface area (Å²) in [6, 6.07) is 0. The highest BCUT2D eigenvalue weighted by Crippen LogP contribution is 2.41. The Bertz CT molecular complexity index is 84.5. The summed E-state index contributed by atoms with van der Waals surface area (Å²) in [5.41, 5.74) is 10.8. The second kappa shape index (κ2) is 2.07. The van der Waals surface area contributed by atoms with Crippen LogP contribution in [-0.2, 0) is 0 Å². The topological polar surface area (TPSA) is 52.0 Å². The molecule has 1 rings (SSSR count). The van der Waals surface area contributed by atoms with Gasteiger partial charge < -0.3 is 11.5 Å². The van der Waals surface area contributed by atoms with Crippen molar-refractivity contribution in [1.29, 1.82) is 0 Å². The Morgan fingerprint density at radius 3 is 2.38 bits per heavy atom. The molecule has 0 amide bonds. The van der Waals surface area contributed by atoms with Crippen LogP contribution in [0.1, 0.15) is 6.42 Å². The van der Waals surface area contributed by atoms with Crippen molar-refractivity contribution in [3.05, 3.63) is 0 Å². The summed E-state index contributed by atoms with van der Waals surface area (Å²) in [6.45, 7) is 0. The molecular weight excluding hydrogens is 98.9 g/mol. The first-order valence-electron chi connectivity index (χ1n) is 2.97. The number of rotatable bonds is 2. The maximum absolute atomic E-state index is 5.39. The fourth-order valence-corrected chi connectivity index (χ4v) is 1.01. The van der Waals surface area contributed by atoms with E-state index in [4.69, 9.17) is 19.3 Å². The molecule has 0 aromatic heterocycles. The summed E-state index contributed by atoms with van der Waals surface area (Å²) < 4.78 is 0. The number of hydrogen-bond donors (Lipinski definition) is 2. The Hall–Kier alpha value is -0.0151. The Labute approximate surface area is 51.0 Å². The van der Waals surface area contributed by atoms with Crippen LogP contribution in [-0.4, -0.2) is 14.0 Å². The zero-order valence-electron chi connectivity index (χ0n) is 4.88. The lowest BCUT2D eigenvalue weighted by Crippen LogP contribution is -2.33. The third-order valence-electron chi connectivity index (χ3n) is 1.77. The van der Waals surface area contributed by atoms with Crippen molar-refractivity contribution >= 4 is 7.85 Å². The summed E-state index contributed by atoms with van der Waals surface area (Å²) in [7, 11) is 5.35.